The van der Waals surface area contributed by atoms with Gasteiger partial charge in [-0.2, -0.15) is 5.10 Å². The number of halogens is 1. The highest BCUT2D eigenvalue weighted by Gasteiger charge is 2.06. The van der Waals surface area contributed by atoms with Crippen molar-refractivity contribution < 1.29 is 0 Å². The van der Waals surface area contributed by atoms with Crippen molar-refractivity contribution in [2.24, 2.45) is 0 Å². The second-order valence-corrected chi connectivity index (χ2v) is 5.84. The summed E-state index contributed by atoms with van der Waals surface area (Å²) in [4.78, 5) is 8.19. The molecule has 0 bridgehead atoms. The lowest BCUT2D eigenvalue weighted by atomic mass is 10.1. The predicted octanol–water partition coefficient (Wildman–Crippen LogP) is 3.28. The van der Waals surface area contributed by atoms with Gasteiger partial charge < -0.3 is 5.32 Å². The molecule has 2 heterocycles. The zero-order valence-electron chi connectivity index (χ0n) is 12.1. The first-order valence-corrected chi connectivity index (χ1v) is 7.80. The second-order valence-electron chi connectivity index (χ2n) is 5.02. The number of nitrogens with zero attached hydrogens (tertiary/aromatic N) is 4. The summed E-state index contributed by atoms with van der Waals surface area (Å²) in [6.45, 7) is 2.93. The van der Waals surface area contributed by atoms with Gasteiger partial charge in [-0.05, 0) is 52.2 Å². The van der Waals surface area contributed by atoms with E-state index < -0.39 is 0 Å². The summed E-state index contributed by atoms with van der Waals surface area (Å²) in [6.07, 6.45) is 5.10. The number of hydrogen-bond acceptors (Lipinski definition) is 4. The molecule has 0 radical (unpaired) electrons. The molecular formula is C16H16BrN5. The highest BCUT2D eigenvalue weighted by Crippen LogP contribution is 2.16. The van der Waals surface area contributed by atoms with Crippen LogP contribution in [-0.2, 0) is 6.54 Å². The first-order valence-electron chi connectivity index (χ1n) is 7.01. The largest absolute Gasteiger partial charge is 0.306 e. The molecule has 0 saturated heterocycles. The number of benzene rings is 1. The molecule has 3 aromatic rings. The van der Waals surface area contributed by atoms with Crippen LogP contribution in [0, 0.1) is 0 Å². The van der Waals surface area contributed by atoms with Crippen molar-refractivity contribution in [3.05, 3.63) is 71.0 Å². The summed E-state index contributed by atoms with van der Waals surface area (Å²) < 4.78 is 2.60. The van der Waals surface area contributed by atoms with Crippen LogP contribution in [-0.4, -0.2) is 19.7 Å². The predicted molar refractivity (Wildman–Crippen MR) is 88.6 cm³/mol. The molecule has 0 fully saturated rings. The Morgan fingerprint density at radius 1 is 1.18 bits per heavy atom. The average molecular weight is 358 g/mol. The smallest absolute Gasteiger partial charge is 0.138 e. The summed E-state index contributed by atoms with van der Waals surface area (Å²) in [5.41, 5.74) is 3.40. The van der Waals surface area contributed by atoms with E-state index in [2.05, 4.69) is 61.4 Å². The number of aromatic nitrogens is 4. The highest BCUT2D eigenvalue weighted by molar-refractivity contribution is 9.10. The fourth-order valence-electron chi connectivity index (χ4n) is 2.16. The summed E-state index contributed by atoms with van der Waals surface area (Å²) >= 11 is 3.34. The van der Waals surface area contributed by atoms with Crippen LogP contribution in [0.4, 0.5) is 0 Å². The molecule has 0 amide bonds. The molecule has 3 rings (SSSR count). The lowest BCUT2D eigenvalue weighted by Crippen LogP contribution is -2.18. The normalized spacial score (nSPS) is 12.3. The number of nitrogens with one attached hydrogen (secondary N) is 1. The van der Waals surface area contributed by atoms with Crippen LogP contribution >= 0.6 is 15.9 Å². The van der Waals surface area contributed by atoms with Gasteiger partial charge in [-0.15, -0.1) is 0 Å². The zero-order valence-corrected chi connectivity index (χ0v) is 13.7. The van der Waals surface area contributed by atoms with E-state index in [-0.39, 0.29) is 6.04 Å². The Morgan fingerprint density at radius 2 is 2.00 bits per heavy atom. The van der Waals surface area contributed by atoms with Crippen molar-refractivity contribution in [2.75, 3.05) is 0 Å². The van der Waals surface area contributed by atoms with Crippen LogP contribution in [0.5, 0.6) is 0 Å². The molecule has 112 valence electrons. The van der Waals surface area contributed by atoms with Gasteiger partial charge in [0.1, 0.15) is 17.3 Å². The minimum atomic E-state index is 0.258. The standard InChI is InChI=1S/C16H16BrN5/c1-12(19-8-13-2-7-16(17)20-9-13)14-3-5-15(6-4-14)22-11-18-10-21-22/h2-7,9-12,19H,8H2,1H3/t12-/m0/s1. The Hall–Kier alpha value is -2.05. The molecule has 0 aliphatic carbocycles. The molecule has 2 aromatic heterocycles. The van der Waals surface area contributed by atoms with E-state index >= 15 is 0 Å². The van der Waals surface area contributed by atoms with Gasteiger partial charge in [0.2, 0.25) is 0 Å². The third-order valence-electron chi connectivity index (χ3n) is 3.48. The molecule has 5 nitrogen and oxygen atoms in total. The molecule has 1 aromatic carbocycles. The van der Waals surface area contributed by atoms with Crippen molar-refractivity contribution in [1.82, 2.24) is 25.1 Å². The van der Waals surface area contributed by atoms with Gasteiger partial charge in [-0.3, -0.25) is 0 Å². The molecule has 0 saturated carbocycles. The first kappa shape index (κ1) is 14.9. The minimum absolute atomic E-state index is 0.258. The molecule has 0 spiro atoms. The quantitative estimate of drug-likeness (QED) is 0.712. The highest BCUT2D eigenvalue weighted by atomic mass is 79.9. The molecule has 1 atom stereocenters. The fourth-order valence-corrected chi connectivity index (χ4v) is 2.39. The summed E-state index contributed by atoms with van der Waals surface area (Å²) in [6, 6.07) is 12.6. The summed E-state index contributed by atoms with van der Waals surface area (Å²) in [5.74, 6) is 0. The first-order chi connectivity index (χ1) is 10.7. The maximum atomic E-state index is 4.23. The molecule has 0 unspecified atom stereocenters. The summed E-state index contributed by atoms with van der Waals surface area (Å²) in [7, 11) is 0. The Bertz CT molecular complexity index is 707. The van der Waals surface area contributed by atoms with Gasteiger partial charge >= 0.3 is 0 Å². The number of pyridine rings is 1. The number of rotatable bonds is 5. The fraction of sp³-hybridized carbons (Fsp3) is 0.188. The summed E-state index contributed by atoms with van der Waals surface area (Å²) in [5, 5.41) is 7.62. The van der Waals surface area contributed by atoms with Crippen molar-refractivity contribution >= 4 is 15.9 Å². The Kier molecular flexibility index (Phi) is 4.60. The maximum Gasteiger partial charge on any atom is 0.138 e. The SMILES string of the molecule is C[C@H](NCc1ccc(Br)nc1)c1ccc(-n2cncn2)cc1. The van der Waals surface area contributed by atoms with Gasteiger partial charge in [-0.25, -0.2) is 14.6 Å². The Morgan fingerprint density at radius 3 is 2.64 bits per heavy atom. The topological polar surface area (TPSA) is 55.6 Å². The van der Waals surface area contributed by atoms with Gasteiger partial charge in [-0.1, -0.05) is 18.2 Å². The van der Waals surface area contributed by atoms with E-state index in [1.165, 1.54) is 11.9 Å². The molecular weight excluding hydrogens is 342 g/mol. The lowest BCUT2D eigenvalue weighted by molar-refractivity contribution is 0.573. The zero-order chi connectivity index (χ0) is 15.4. The molecule has 0 aliphatic rings. The van der Waals surface area contributed by atoms with Crippen LogP contribution in [0.25, 0.3) is 5.69 Å². The van der Waals surface area contributed by atoms with Crippen molar-refractivity contribution in [3.63, 3.8) is 0 Å². The van der Waals surface area contributed by atoms with Crippen LogP contribution in [0.2, 0.25) is 0 Å². The van der Waals surface area contributed by atoms with E-state index in [0.29, 0.717) is 0 Å². The van der Waals surface area contributed by atoms with Crippen LogP contribution in [0.1, 0.15) is 24.1 Å². The van der Waals surface area contributed by atoms with Gasteiger partial charge in [0.25, 0.3) is 0 Å². The van der Waals surface area contributed by atoms with E-state index in [0.717, 1.165) is 22.4 Å². The lowest BCUT2D eigenvalue weighted by Gasteiger charge is -2.14. The molecule has 6 heteroatoms. The minimum Gasteiger partial charge on any atom is -0.306 e. The van der Waals surface area contributed by atoms with Crippen molar-refractivity contribution in [2.45, 2.75) is 19.5 Å². The molecule has 22 heavy (non-hydrogen) atoms. The molecule has 0 aliphatic heterocycles. The van der Waals surface area contributed by atoms with Crippen LogP contribution in [0.15, 0.2) is 59.9 Å². The van der Waals surface area contributed by atoms with E-state index in [1.54, 1.807) is 11.0 Å². The average Bonchev–Trinajstić information content (AvgIpc) is 3.09. The third-order valence-corrected chi connectivity index (χ3v) is 3.95. The van der Waals surface area contributed by atoms with Crippen molar-refractivity contribution in [1.29, 1.82) is 0 Å². The van der Waals surface area contributed by atoms with Gasteiger partial charge in [0, 0.05) is 18.8 Å². The van der Waals surface area contributed by atoms with E-state index in [4.69, 9.17) is 0 Å². The van der Waals surface area contributed by atoms with Crippen LogP contribution < -0.4 is 5.32 Å². The maximum absolute atomic E-state index is 4.23. The van der Waals surface area contributed by atoms with Crippen molar-refractivity contribution in [3.8, 4) is 5.69 Å². The Labute approximate surface area is 137 Å². The third kappa shape index (κ3) is 3.58. The second kappa shape index (κ2) is 6.81. The molecule has 1 N–H and O–H groups in total. The number of hydrogen-bond donors (Lipinski definition) is 1. The Balaban J connectivity index is 1.62. The van der Waals surface area contributed by atoms with Crippen LogP contribution in [0.3, 0.4) is 0 Å². The van der Waals surface area contributed by atoms with E-state index in [1.807, 2.05) is 24.4 Å². The van der Waals surface area contributed by atoms with Gasteiger partial charge in [0.05, 0.1) is 5.69 Å². The monoisotopic (exact) mass is 357 g/mol. The van der Waals surface area contributed by atoms with Gasteiger partial charge in [0.15, 0.2) is 0 Å². The van der Waals surface area contributed by atoms with E-state index in [9.17, 15) is 0 Å².